The highest BCUT2D eigenvalue weighted by atomic mass is 19.4. The first-order valence-corrected chi connectivity index (χ1v) is 27.5. The first kappa shape index (κ1) is 60.1. The Morgan fingerprint density at radius 2 is 0.516 bits per heavy atom. The lowest BCUT2D eigenvalue weighted by Crippen LogP contribution is -2.06. The zero-order chi connectivity index (χ0) is 65.6. The Hall–Kier alpha value is -10.4. The maximum absolute atomic E-state index is 14.9. The van der Waals surface area contributed by atoms with Gasteiger partial charge in [-0.2, -0.15) is 79.0 Å². The summed E-state index contributed by atoms with van der Waals surface area (Å²) in [5.41, 5.74) is -14.4. The Bertz CT molecular complexity index is 4770. The number of nitrogens with one attached hydrogen (secondary N) is 2. The van der Waals surface area contributed by atoms with E-state index in [9.17, 15) is 79.0 Å². The summed E-state index contributed by atoms with van der Waals surface area (Å²) in [5.74, 6) is -2.65. The average molecular weight is 1300 g/mol. The fourth-order valence-electron chi connectivity index (χ4n) is 11.8. The van der Waals surface area contributed by atoms with Gasteiger partial charge in [0.25, 0.3) is 0 Å². The summed E-state index contributed by atoms with van der Waals surface area (Å²) in [6.07, 6.45) is -28.5. The second kappa shape index (κ2) is 21.1. The lowest BCUT2D eigenvalue weighted by atomic mass is 9.93. The van der Waals surface area contributed by atoms with Crippen LogP contribution in [0.5, 0.6) is 0 Å². The third-order valence-electron chi connectivity index (χ3n) is 15.9. The molecule has 14 rings (SSSR count). The first-order valence-electron chi connectivity index (χ1n) is 27.5. The minimum atomic E-state index is -5.15. The molecule has 0 spiro atoms. The van der Waals surface area contributed by atoms with Crippen molar-refractivity contribution in [3.05, 3.63) is 260 Å². The Morgan fingerprint density at radius 3 is 0.785 bits per heavy atom. The van der Waals surface area contributed by atoms with Crippen LogP contribution in [-0.2, 0) is 41.8 Å². The molecule has 0 radical (unpaired) electrons. The number of ether oxygens (including phenoxy) is 1. The summed E-state index contributed by atoms with van der Waals surface area (Å²) in [4.78, 5) is 34.6. The molecule has 0 amide bonds. The monoisotopic (exact) mass is 1290 g/mol. The van der Waals surface area contributed by atoms with Crippen molar-refractivity contribution in [2.75, 3.05) is 0 Å². The molecule has 3 aromatic heterocycles. The average Bonchev–Trinajstić information content (AvgIpc) is 1.60. The predicted octanol–water partition coefficient (Wildman–Crippen LogP) is 19.2. The van der Waals surface area contributed by atoms with Crippen molar-refractivity contribution in [1.29, 1.82) is 0 Å². The number of halogens is 18. The largest absolute Gasteiger partial charge is 0.416 e. The topological polar surface area (TPSA) is 118 Å². The van der Waals surface area contributed by atoms with Gasteiger partial charge in [0.15, 0.2) is 23.3 Å². The zero-order valence-corrected chi connectivity index (χ0v) is 46.2. The second-order valence-corrected chi connectivity index (χ2v) is 21.7. The predicted molar refractivity (Wildman–Crippen MR) is 302 cm³/mol. The van der Waals surface area contributed by atoms with Gasteiger partial charge in [-0.15, -0.1) is 0 Å². The highest BCUT2D eigenvalue weighted by molar-refractivity contribution is 6.10. The minimum absolute atomic E-state index is 0.125. The van der Waals surface area contributed by atoms with E-state index in [2.05, 4.69) is 9.97 Å². The molecule has 4 aliphatic rings. The molecule has 468 valence electrons. The zero-order valence-electron chi connectivity index (χ0n) is 46.2. The van der Waals surface area contributed by atoms with E-state index in [1.165, 1.54) is 0 Å². The van der Waals surface area contributed by atoms with Crippen LogP contribution >= 0.6 is 0 Å². The third-order valence-corrected chi connectivity index (χ3v) is 15.9. The number of rotatable bonds is 6. The lowest BCUT2D eigenvalue weighted by Gasteiger charge is -2.13. The second-order valence-electron chi connectivity index (χ2n) is 21.7. The molecule has 10 bridgehead atoms. The fourth-order valence-corrected chi connectivity index (χ4v) is 11.8. The normalized spacial score (nSPS) is 16.1. The SMILES string of the molecule is FC(F)(F)c1cccc(C2=C(c3cccc(C(F)(F)F)c3)c3nc2nc2[nH]c(nc4nc(nc5[nH]c(n3)c3cc6c(cc53)C3C=CC6O3)C(c3cccc(C(F)(F)F)c3)=C4c3cccc(C(F)(F)F)c3)c(-c3cccc(C(F)(F)F)c3)c2-c2cccc(C(F)(F)F)c2)c1. The molecule has 2 unspecified atom stereocenters. The van der Waals surface area contributed by atoms with Crippen LogP contribution in [0.3, 0.4) is 0 Å². The molecule has 7 aromatic carbocycles. The number of fused-ring (bicyclic) bond motifs is 16. The molecule has 0 saturated carbocycles. The molecule has 4 aliphatic heterocycles. The summed E-state index contributed by atoms with van der Waals surface area (Å²) in [6.45, 7) is 0. The van der Waals surface area contributed by atoms with Gasteiger partial charge in [0, 0.05) is 44.2 Å². The van der Waals surface area contributed by atoms with Crippen molar-refractivity contribution in [3.63, 3.8) is 0 Å². The van der Waals surface area contributed by atoms with Crippen molar-refractivity contribution in [2.45, 2.75) is 49.3 Å². The molecular formula is C66H32F18N8O. The van der Waals surface area contributed by atoms with Gasteiger partial charge >= 0.3 is 37.1 Å². The Morgan fingerprint density at radius 1 is 0.280 bits per heavy atom. The number of nitrogens with zero attached hydrogens (tertiary/aromatic N) is 6. The molecular weight excluding hydrogens is 1260 g/mol. The van der Waals surface area contributed by atoms with Crippen LogP contribution < -0.4 is 0 Å². The van der Waals surface area contributed by atoms with Gasteiger partial charge < -0.3 is 14.7 Å². The number of H-pyrrole nitrogens is 2. The summed E-state index contributed by atoms with van der Waals surface area (Å²) in [6, 6.07) is 23.2. The van der Waals surface area contributed by atoms with Gasteiger partial charge in [-0.1, -0.05) is 84.9 Å². The van der Waals surface area contributed by atoms with E-state index in [0.717, 1.165) is 72.8 Å². The third kappa shape index (κ3) is 10.8. The van der Waals surface area contributed by atoms with E-state index in [0.29, 0.717) is 83.9 Å². The van der Waals surface area contributed by atoms with Gasteiger partial charge in [-0.25, -0.2) is 29.9 Å². The maximum atomic E-state index is 14.9. The number of aromatic nitrogens is 8. The van der Waals surface area contributed by atoms with Gasteiger partial charge in [0.2, 0.25) is 0 Å². The van der Waals surface area contributed by atoms with Crippen LogP contribution in [0.1, 0.15) is 102 Å². The molecule has 2 atom stereocenters. The summed E-state index contributed by atoms with van der Waals surface area (Å²) in [7, 11) is 0. The van der Waals surface area contributed by atoms with Gasteiger partial charge in [0.05, 0.1) is 33.4 Å². The number of hydrogen-bond acceptors (Lipinski definition) is 7. The Labute approximate surface area is 509 Å². The molecule has 93 heavy (non-hydrogen) atoms. The number of alkyl halides is 18. The van der Waals surface area contributed by atoms with Crippen molar-refractivity contribution < 1.29 is 83.8 Å². The van der Waals surface area contributed by atoms with E-state index >= 15 is 0 Å². The molecule has 0 fully saturated rings. The van der Waals surface area contributed by atoms with E-state index in [1.54, 1.807) is 24.3 Å². The highest BCUT2D eigenvalue weighted by Gasteiger charge is 2.40. The summed E-state index contributed by atoms with van der Waals surface area (Å²) < 4.78 is 274. The van der Waals surface area contributed by atoms with Crippen LogP contribution in [0.15, 0.2) is 170 Å². The molecule has 7 heterocycles. The van der Waals surface area contributed by atoms with Crippen LogP contribution in [0, 0.1) is 0 Å². The van der Waals surface area contributed by atoms with Crippen LogP contribution in [-0.4, -0.2) is 39.9 Å². The number of hydrogen-bond donors (Lipinski definition) is 2. The number of aromatic amines is 2. The Balaban J connectivity index is 1.24. The number of benzene rings is 7. The molecule has 9 nitrogen and oxygen atoms in total. The molecule has 27 heteroatoms. The van der Waals surface area contributed by atoms with Crippen molar-refractivity contribution in [1.82, 2.24) is 39.9 Å². The minimum Gasteiger partial charge on any atom is -0.357 e. The van der Waals surface area contributed by atoms with Crippen molar-refractivity contribution >= 4 is 55.7 Å². The summed E-state index contributed by atoms with van der Waals surface area (Å²) in [5, 5.41) is 0.250. The smallest absolute Gasteiger partial charge is 0.357 e. The Kier molecular flexibility index (Phi) is 13.6. The molecule has 10 aromatic rings. The molecule has 0 saturated heterocycles. The van der Waals surface area contributed by atoms with Crippen molar-refractivity contribution in [3.8, 4) is 22.3 Å². The summed E-state index contributed by atoms with van der Waals surface area (Å²) >= 11 is 0. The fraction of sp³-hybridized carbons (Fsp3) is 0.121. The van der Waals surface area contributed by atoms with Gasteiger partial charge in [0.1, 0.15) is 34.8 Å². The van der Waals surface area contributed by atoms with Crippen molar-refractivity contribution in [2.24, 2.45) is 0 Å². The van der Waals surface area contributed by atoms with Crippen LogP contribution in [0.2, 0.25) is 0 Å². The van der Waals surface area contributed by atoms with E-state index < -0.39 is 184 Å². The quantitative estimate of drug-likeness (QED) is 0.126. The van der Waals surface area contributed by atoms with Gasteiger partial charge in [-0.05, 0) is 129 Å². The lowest BCUT2D eigenvalue weighted by molar-refractivity contribution is -0.138. The highest BCUT2D eigenvalue weighted by Crippen LogP contribution is 2.51. The van der Waals surface area contributed by atoms with Crippen LogP contribution in [0.25, 0.3) is 77.9 Å². The standard InChI is InChI=1S/C66H32F18N8O/c67-61(68,69)35-13-1-7-29(21-35)47-49(31-9-3-15-37(23-31)63(73,74)75)57-88-55(47)86-53-43-27-41-42(46-20-19-45(41)93-46)28-44(43)54(85-53)87-56-48(30-8-2-14-36(22-30)62(70,71)72)50(32-10-4-16-38(24-32)64(76,77)78)58(89-56)91-60-52(34-12-6-18-40(26-34)66(82,83)84)51(59(90-57)92-60)33-11-5-17-39(25-33)65(79,80)81/h1-28,45-46H,(H2,85,86,87,88,89,90,91,92). The maximum Gasteiger partial charge on any atom is 0.416 e. The van der Waals surface area contributed by atoms with Gasteiger partial charge in [-0.3, -0.25) is 0 Å². The van der Waals surface area contributed by atoms with E-state index in [-0.39, 0.29) is 22.1 Å². The molecule has 0 aliphatic carbocycles. The van der Waals surface area contributed by atoms with E-state index in [1.807, 2.05) is 0 Å². The first-order chi connectivity index (χ1) is 43.8. The van der Waals surface area contributed by atoms with E-state index in [4.69, 9.17) is 34.6 Å². The van der Waals surface area contributed by atoms with Crippen LogP contribution in [0.4, 0.5) is 79.0 Å². The molecule has 2 N–H and O–H groups in total.